The molecule has 1 atom stereocenters. The molecule has 0 aliphatic rings. The number of nitrogens with two attached hydrogens (primary N) is 2. The first-order chi connectivity index (χ1) is 14.5. The molecule has 0 rings (SSSR count). The number of rotatable bonds is 20. The highest BCUT2D eigenvalue weighted by Gasteiger charge is 2.16. The van der Waals surface area contributed by atoms with Crippen LogP contribution in [0.5, 0.6) is 0 Å². The molecule has 1 amide bonds. The number of hydrogen-bond acceptors (Lipinski definition) is 3. The Hall–Kier alpha value is -1.85. The summed E-state index contributed by atoms with van der Waals surface area (Å²) in [7, 11) is 0. The Labute approximate surface area is 184 Å². The molecule has 0 aromatic carbocycles. The van der Waals surface area contributed by atoms with Crippen molar-refractivity contribution >= 4 is 17.6 Å². The van der Waals surface area contributed by atoms with Crippen molar-refractivity contribution in [1.29, 1.82) is 0 Å². The zero-order valence-electron chi connectivity index (χ0n) is 19.5. The van der Waals surface area contributed by atoms with Crippen LogP contribution in [0, 0.1) is 0 Å². The van der Waals surface area contributed by atoms with Crippen molar-refractivity contribution in [2.24, 2.45) is 16.5 Å². The normalized spacial score (nSPS) is 12.1. The van der Waals surface area contributed by atoms with Crippen LogP contribution in [0.4, 0.5) is 0 Å². The van der Waals surface area contributed by atoms with E-state index in [4.69, 9.17) is 11.5 Å². The molecule has 0 spiro atoms. The number of aliphatic imine (C=N–C) groups is 1. The molecule has 0 bridgehead atoms. The molecule has 30 heavy (non-hydrogen) atoms. The number of guanidine groups is 1. The largest absolute Gasteiger partial charge is 0.370 e. The van der Waals surface area contributed by atoms with Crippen LogP contribution >= 0.6 is 0 Å². The van der Waals surface area contributed by atoms with E-state index in [0.717, 1.165) is 25.7 Å². The fraction of sp³-hybridized carbons (Fsp3) is 0.792. The van der Waals surface area contributed by atoms with Gasteiger partial charge in [0.25, 0.3) is 0 Å². The van der Waals surface area contributed by atoms with Crippen LogP contribution in [-0.2, 0) is 9.59 Å². The van der Waals surface area contributed by atoms with Crippen molar-refractivity contribution in [3.05, 3.63) is 12.2 Å². The van der Waals surface area contributed by atoms with Crippen molar-refractivity contribution in [2.45, 2.75) is 116 Å². The first-order valence-electron chi connectivity index (χ1n) is 12.0. The second-order valence-corrected chi connectivity index (χ2v) is 8.16. The topological polar surface area (TPSA) is 111 Å². The van der Waals surface area contributed by atoms with Crippen molar-refractivity contribution in [1.82, 2.24) is 5.32 Å². The Morgan fingerprint density at radius 1 is 0.867 bits per heavy atom. The quantitative estimate of drug-likeness (QED) is 0.114. The zero-order valence-corrected chi connectivity index (χ0v) is 19.5. The lowest BCUT2D eigenvalue weighted by Gasteiger charge is -2.14. The highest BCUT2D eigenvalue weighted by Crippen LogP contribution is 2.10. The average molecular weight is 423 g/mol. The van der Waals surface area contributed by atoms with E-state index in [0.29, 0.717) is 19.4 Å². The monoisotopic (exact) mass is 422 g/mol. The molecule has 6 nitrogen and oxygen atoms in total. The Morgan fingerprint density at radius 2 is 1.40 bits per heavy atom. The van der Waals surface area contributed by atoms with Crippen LogP contribution in [0.25, 0.3) is 0 Å². The van der Waals surface area contributed by atoms with Gasteiger partial charge in [-0.1, -0.05) is 70.4 Å². The maximum Gasteiger partial charge on any atom is 0.220 e. The van der Waals surface area contributed by atoms with Crippen molar-refractivity contribution < 1.29 is 9.59 Å². The Morgan fingerprint density at radius 3 is 1.93 bits per heavy atom. The first-order valence-corrected chi connectivity index (χ1v) is 12.0. The molecule has 0 aromatic heterocycles. The minimum atomic E-state index is -0.510. The number of ketones is 1. The molecule has 6 heteroatoms. The fourth-order valence-corrected chi connectivity index (χ4v) is 3.32. The van der Waals surface area contributed by atoms with Gasteiger partial charge < -0.3 is 16.8 Å². The van der Waals surface area contributed by atoms with Crippen molar-refractivity contribution in [2.75, 3.05) is 6.54 Å². The van der Waals surface area contributed by atoms with Crippen LogP contribution in [-0.4, -0.2) is 30.2 Å². The standard InChI is InChI=1S/C24H46N4O2/c1-3-4-5-6-7-8-9-10-11-12-13-14-15-16-17-18-23(30)28-22(21(2)29)19-20-27-24(25)26/h10-11,22H,3-9,12-20H2,1-2H3,(H,28,30)(H4,25,26,27). The summed E-state index contributed by atoms with van der Waals surface area (Å²) in [5.74, 6) is -0.145. The van der Waals surface area contributed by atoms with Gasteiger partial charge >= 0.3 is 0 Å². The van der Waals surface area contributed by atoms with Gasteiger partial charge in [-0.15, -0.1) is 0 Å². The molecule has 174 valence electrons. The number of nitrogens with zero attached hydrogens (tertiary/aromatic N) is 1. The van der Waals surface area contributed by atoms with E-state index in [-0.39, 0.29) is 17.6 Å². The van der Waals surface area contributed by atoms with E-state index in [1.165, 1.54) is 64.7 Å². The SMILES string of the molecule is CCCCCCCCC=CCCCCCCCC(=O)NC(CCN=C(N)N)C(C)=O. The second kappa shape index (κ2) is 20.4. The number of allylic oxidation sites excluding steroid dienone is 2. The molecule has 0 saturated carbocycles. The third kappa shape index (κ3) is 19.5. The number of nitrogens with one attached hydrogen (secondary N) is 1. The molecule has 1 unspecified atom stereocenters. The van der Waals surface area contributed by atoms with Crippen molar-refractivity contribution in [3.63, 3.8) is 0 Å². The molecule has 0 aliphatic heterocycles. The van der Waals surface area contributed by atoms with Gasteiger partial charge in [-0.3, -0.25) is 14.6 Å². The van der Waals surface area contributed by atoms with E-state index < -0.39 is 6.04 Å². The average Bonchev–Trinajstić information content (AvgIpc) is 2.69. The molecule has 0 heterocycles. The number of carbonyl (C=O) groups excluding carboxylic acids is 2. The molecule has 0 saturated heterocycles. The second-order valence-electron chi connectivity index (χ2n) is 8.16. The molecular formula is C24H46N4O2. The fourth-order valence-electron chi connectivity index (χ4n) is 3.32. The van der Waals surface area contributed by atoms with Gasteiger partial charge in [0, 0.05) is 13.0 Å². The highest BCUT2D eigenvalue weighted by molar-refractivity contribution is 5.87. The maximum atomic E-state index is 12.0. The third-order valence-corrected chi connectivity index (χ3v) is 5.20. The lowest BCUT2D eigenvalue weighted by atomic mass is 10.1. The predicted octanol–water partition coefficient (Wildman–Crippen LogP) is 4.76. The molecule has 5 N–H and O–H groups in total. The molecule has 0 fully saturated rings. The minimum Gasteiger partial charge on any atom is -0.370 e. The first kappa shape index (κ1) is 28.1. The summed E-state index contributed by atoms with van der Waals surface area (Å²) in [5.41, 5.74) is 10.6. The van der Waals surface area contributed by atoms with Gasteiger partial charge in [-0.2, -0.15) is 0 Å². The van der Waals surface area contributed by atoms with E-state index >= 15 is 0 Å². The molecule has 0 radical (unpaired) electrons. The minimum absolute atomic E-state index is 0.00285. The van der Waals surface area contributed by atoms with Crippen LogP contribution in [0.2, 0.25) is 0 Å². The summed E-state index contributed by atoms with van der Waals surface area (Å²) in [6.45, 7) is 4.06. The third-order valence-electron chi connectivity index (χ3n) is 5.20. The highest BCUT2D eigenvalue weighted by atomic mass is 16.2. The Kier molecular flexibility index (Phi) is 19.2. The van der Waals surface area contributed by atoms with E-state index in [2.05, 4.69) is 29.4 Å². The predicted molar refractivity (Wildman–Crippen MR) is 127 cm³/mol. The van der Waals surface area contributed by atoms with Gasteiger partial charge in [-0.05, 0) is 45.4 Å². The van der Waals surface area contributed by atoms with Gasteiger partial charge in [0.1, 0.15) is 0 Å². The van der Waals surface area contributed by atoms with E-state index in [1.54, 1.807) is 0 Å². The molecule has 0 aliphatic carbocycles. The molecule has 0 aromatic rings. The summed E-state index contributed by atoms with van der Waals surface area (Å²) in [4.78, 5) is 27.5. The van der Waals surface area contributed by atoms with Crippen LogP contribution < -0.4 is 16.8 Å². The van der Waals surface area contributed by atoms with Crippen LogP contribution in [0.1, 0.15) is 110 Å². The van der Waals surface area contributed by atoms with E-state index in [9.17, 15) is 9.59 Å². The van der Waals surface area contributed by atoms with Crippen molar-refractivity contribution in [3.8, 4) is 0 Å². The zero-order chi connectivity index (χ0) is 22.5. The van der Waals surface area contributed by atoms with Gasteiger partial charge in [-0.25, -0.2) is 0 Å². The summed E-state index contributed by atoms with van der Waals surface area (Å²) in [6, 6.07) is -0.510. The van der Waals surface area contributed by atoms with Gasteiger partial charge in [0.05, 0.1) is 6.04 Å². The number of carbonyl (C=O) groups is 2. The lowest BCUT2D eigenvalue weighted by Crippen LogP contribution is -2.40. The summed E-state index contributed by atoms with van der Waals surface area (Å²) in [6.07, 6.45) is 21.5. The Bertz CT molecular complexity index is 499. The smallest absolute Gasteiger partial charge is 0.220 e. The Balaban J connectivity index is 3.60. The number of Topliss-reactive ketones (excluding diaryl/α,β-unsaturated/α-hetero) is 1. The lowest BCUT2D eigenvalue weighted by molar-refractivity contribution is -0.127. The van der Waals surface area contributed by atoms with Crippen LogP contribution in [0.3, 0.4) is 0 Å². The summed E-state index contributed by atoms with van der Waals surface area (Å²) in [5, 5.41) is 2.79. The van der Waals surface area contributed by atoms with E-state index in [1.807, 2.05) is 0 Å². The maximum absolute atomic E-state index is 12.0. The molecular weight excluding hydrogens is 376 g/mol. The number of unbranched alkanes of at least 4 members (excludes halogenated alkanes) is 11. The summed E-state index contributed by atoms with van der Waals surface area (Å²) < 4.78 is 0. The van der Waals surface area contributed by atoms with Gasteiger partial charge in [0.15, 0.2) is 11.7 Å². The van der Waals surface area contributed by atoms with Gasteiger partial charge in [0.2, 0.25) is 5.91 Å². The summed E-state index contributed by atoms with van der Waals surface area (Å²) >= 11 is 0. The number of amides is 1. The number of hydrogen-bond donors (Lipinski definition) is 3. The van der Waals surface area contributed by atoms with Crippen LogP contribution in [0.15, 0.2) is 17.1 Å².